The number of carbonyl (C=O) groups excluding carboxylic acids is 2. The number of nitrogens with zero attached hydrogens (tertiary/aromatic N) is 1. The molecule has 6 heteroatoms. The van der Waals surface area contributed by atoms with Crippen molar-refractivity contribution in [1.82, 2.24) is 0 Å². The minimum absolute atomic E-state index is 0.0730. The molecular formula is C19H18N2O4. The van der Waals surface area contributed by atoms with Gasteiger partial charge in [0.1, 0.15) is 5.75 Å². The van der Waals surface area contributed by atoms with Crippen molar-refractivity contribution >= 4 is 23.6 Å². The molecule has 0 bridgehead atoms. The first kappa shape index (κ1) is 17.9. The summed E-state index contributed by atoms with van der Waals surface area (Å²) in [6, 6.07) is 15.4. The maximum absolute atomic E-state index is 12.4. The molecule has 0 heterocycles. The molecule has 2 aromatic carbocycles. The van der Waals surface area contributed by atoms with E-state index in [1.54, 1.807) is 49.4 Å². The van der Waals surface area contributed by atoms with Crippen molar-refractivity contribution in [3.8, 4) is 18.1 Å². The van der Waals surface area contributed by atoms with Crippen LogP contribution in [0.3, 0.4) is 0 Å². The van der Waals surface area contributed by atoms with Gasteiger partial charge in [0.25, 0.3) is 0 Å². The van der Waals surface area contributed by atoms with Gasteiger partial charge in [-0.1, -0.05) is 30.2 Å². The summed E-state index contributed by atoms with van der Waals surface area (Å²) in [5.41, 5.74) is 1.08. The van der Waals surface area contributed by atoms with E-state index in [-0.39, 0.29) is 18.9 Å². The largest absolute Gasteiger partial charge is 0.450 e. The average molecular weight is 338 g/mol. The number of terminal acetylenes is 1. The molecule has 2 amide bonds. The maximum Gasteiger partial charge on any atom is 0.420 e. The Hall–Kier alpha value is -3.46. The van der Waals surface area contributed by atoms with E-state index in [4.69, 9.17) is 15.9 Å². The Morgan fingerprint density at radius 2 is 1.92 bits per heavy atom. The van der Waals surface area contributed by atoms with Gasteiger partial charge in [-0.15, -0.1) is 6.42 Å². The van der Waals surface area contributed by atoms with Crippen LogP contribution in [0.2, 0.25) is 0 Å². The zero-order chi connectivity index (χ0) is 18.1. The highest BCUT2D eigenvalue weighted by Gasteiger charge is 2.17. The van der Waals surface area contributed by atoms with Crippen molar-refractivity contribution < 1.29 is 19.1 Å². The van der Waals surface area contributed by atoms with E-state index < -0.39 is 12.2 Å². The lowest BCUT2D eigenvalue weighted by Crippen LogP contribution is -2.33. The van der Waals surface area contributed by atoms with Crippen LogP contribution in [0.15, 0.2) is 54.6 Å². The molecule has 0 spiro atoms. The van der Waals surface area contributed by atoms with Gasteiger partial charge in [-0.25, -0.2) is 9.59 Å². The van der Waals surface area contributed by atoms with Gasteiger partial charge in [0.15, 0.2) is 0 Å². The van der Waals surface area contributed by atoms with Gasteiger partial charge in [-0.3, -0.25) is 10.2 Å². The van der Waals surface area contributed by atoms with Crippen LogP contribution < -0.4 is 15.0 Å². The molecule has 128 valence electrons. The fourth-order valence-corrected chi connectivity index (χ4v) is 2.04. The van der Waals surface area contributed by atoms with Gasteiger partial charge >= 0.3 is 12.2 Å². The third-order valence-corrected chi connectivity index (χ3v) is 3.10. The lowest BCUT2D eigenvalue weighted by molar-refractivity contribution is 0.168. The second kappa shape index (κ2) is 8.99. The van der Waals surface area contributed by atoms with Crippen LogP contribution in [0.5, 0.6) is 5.75 Å². The topological polar surface area (TPSA) is 67.9 Å². The maximum atomic E-state index is 12.4. The highest BCUT2D eigenvalue weighted by Crippen LogP contribution is 2.20. The molecule has 0 aliphatic heterocycles. The van der Waals surface area contributed by atoms with Crippen molar-refractivity contribution in [2.24, 2.45) is 0 Å². The Kier molecular flexibility index (Phi) is 6.43. The van der Waals surface area contributed by atoms with Crippen LogP contribution in [0.25, 0.3) is 0 Å². The van der Waals surface area contributed by atoms with Crippen LogP contribution in [0.4, 0.5) is 21.0 Å². The molecule has 0 atom stereocenters. The van der Waals surface area contributed by atoms with Crippen LogP contribution in [0, 0.1) is 12.3 Å². The minimum Gasteiger partial charge on any atom is -0.450 e. The summed E-state index contributed by atoms with van der Waals surface area (Å²) in [6.45, 7) is 2.05. The minimum atomic E-state index is -0.613. The van der Waals surface area contributed by atoms with Crippen LogP contribution >= 0.6 is 0 Å². The number of carbonyl (C=O) groups is 2. The zero-order valence-corrected chi connectivity index (χ0v) is 13.8. The number of amides is 2. The predicted molar refractivity (Wildman–Crippen MR) is 95.7 cm³/mol. The van der Waals surface area contributed by atoms with E-state index in [1.165, 1.54) is 11.0 Å². The SMILES string of the molecule is C#CCN(C(=O)Oc1cccc(NC(=O)OCC)c1)c1ccccc1. The molecule has 0 saturated carbocycles. The molecule has 25 heavy (non-hydrogen) atoms. The number of ether oxygens (including phenoxy) is 2. The molecule has 6 nitrogen and oxygen atoms in total. The standard InChI is InChI=1S/C19H18N2O4/c1-3-13-21(16-10-6-5-7-11-16)19(23)25-17-12-8-9-15(14-17)20-18(22)24-4-2/h1,5-12,14H,4,13H2,2H3,(H,20,22). The van der Waals surface area contributed by atoms with Crippen molar-refractivity contribution in [1.29, 1.82) is 0 Å². The van der Waals surface area contributed by atoms with E-state index in [9.17, 15) is 9.59 Å². The first-order chi connectivity index (χ1) is 12.1. The van der Waals surface area contributed by atoms with E-state index in [0.717, 1.165) is 0 Å². The second-order valence-corrected chi connectivity index (χ2v) is 4.87. The van der Waals surface area contributed by atoms with Gasteiger partial charge in [-0.2, -0.15) is 0 Å². The summed E-state index contributed by atoms with van der Waals surface area (Å²) < 4.78 is 10.2. The number of hydrogen-bond donors (Lipinski definition) is 1. The average Bonchev–Trinajstić information content (AvgIpc) is 2.60. The monoisotopic (exact) mass is 338 g/mol. The predicted octanol–water partition coefficient (Wildman–Crippen LogP) is 3.89. The lowest BCUT2D eigenvalue weighted by Gasteiger charge is -2.19. The fraction of sp³-hybridized carbons (Fsp3) is 0.158. The van der Waals surface area contributed by atoms with E-state index in [0.29, 0.717) is 11.4 Å². The molecule has 0 aliphatic carbocycles. The third kappa shape index (κ3) is 5.29. The van der Waals surface area contributed by atoms with E-state index in [2.05, 4.69) is 11.2 Å². The van der Waals surface area contributed by atoms with Crippen LogP contribution in [-0.2, 0) is 4.74 Å². The Balaban J connectivity index is 2.11. The summed E-state index contributed by atoms with van der Waals surface area (Å²) in [6.07, 6.45) is 4.15. The van der Waals surface area contributed by atoms with Crippen molar-refractivity contribution in [3.05, 3.63) is 54.6 Å². The molecule has 0 aromatic heterocycles. The van der Waals surface area contributed by atoms with Crippen molar-refractivity contribution in [2.75, 3.05) is 23.4 Å². The van der Waals surface area contributed by atoms with E-state index >= 15 is 0 Å². The number of benzene rings is 2. The Morgan fingerprint density at radius 3 is 2.60 bits per heavy atom. The summed E-state index contributed by atoms with van der Waals surface area (Å²) >= 11 is 0. The first-order valence-corrected chi connectivity index (χ1v) is 7.65. The Bertz CT molecular complexity index is 768. The number of nitrogens with one attached hydrogen (secondary N) is 1. The molecule has 0 saturated heterocycles. The quantitative estimate of drug-likeness (QED) is 0.840. The Labute approximate surface area is 146 Å². The third-order valence-electron chi connectivity index (χ3n) is 3.10. The smallest absolute Gasteiger partial charge is 0.420 e. The van der Waals surface area contributed by atoms with Crippen molar-refractivity contribution in [2.45, 2.75) is 6.92 Å². The highest BCUT2D eigenvalue weighted by molar-refractivity contribution is 5.90. The second-order valence-electron chi connectivity index (χ2n) is 4.87. The molecular weight excluding hydrogens is 320 g/mol. The molecule has 1 N–H and O–H groups in total. The van der Waals surface area contributed by atoms with Crippen molar-refractivity contribution in [3.63, 3.8) is 0 Å². The first-order valence-electron chi connectivity index (χ1n) is 7.65. The van der Waals surface area contributed by atoms with E-state index in [1.807, 2.05) is 6.07 Å². The highest BCUT2D eigenvalue weighted by atomic mass is 16.6. The normalized spacial score (nSPS) is 9.60. The molecule has 0 aliphatic rings. The van der Waals surface area contributed by atoms with Gasteiger partial charge in [0.2, 0.25) is 0 Å². The summed E-state index contributed by atoms with van der Waals surface area (Å²) in [7, 11) is 0. The van der Waals surface area contributed by atoms with Gasteiger partial charge in [0.05, 0.1) is 13.2 Å². The zero-order valence-electron chi connectivity index (χ0n) is 13.8. The molecule has 2 aromatic rings. The number of para-hydroxylation sites is 1. The summed E-state index contributed by atoms with van der Waals surface area (Å²) in [5.74, 6) is 2.71. The molecule has 0 radical (unpaired) electrons. The molecule has 0 unspecified atom stereocenters. The summed E-state index contributed by atoms with van der Waals surface area (Å²) in [5, 5.41) is 2.54. The Morgan fingerprint density at radius 1 is 1.16 bits per heavy atom. The van der Waals surface area contributed by atoms with Gasteiger partial charge < -0.3 is 9.47 Å². The molecule has 2 rings (SSSR count). The number of hydrogen-bond acceptors (Lipinski definition) is 4. The fourth-order valence-electron chi connectivity index (χ4n) is 2.04. The molecule has 0 fully saturated rings. The van der Waals surface area contributed by atoms with Gasteiger partial charge in [-0.05, 0) is 31.2 Å². The lowest BCUT2D eigenvalue weighted by atomic mass is 10.3. The number of rotatable bonds is 5. The number of anilines is 2. The van der Waals surface area contributed by atoms with Crippen LogP contribution in [0.1, 0.15) is 6.92 Å². The summed E-state index contributed by atoms with van der Waals surface area (Å²) in [4.78, 5) is 25.2. The van der Waals surface area contributed by atoms with Crippen LogP contribution in [-0.4, -0.2) is 25.3 Å². The van der Waals surface area contributed by atoms with Gasteiger partial charge in [0, 0.05) is 17.4 Å².